The first kappa shape index (κ1) is 19.7. The molecule has 6 nitrogen and oxygen atoms in total. The number of nitrogens with one attached hydrogen (secondary N) is 1. The van der Waals surface area contributed by atoms with Crippen LogP contribution in [0.25, 0.3) is 11.0 Å². The van der Waals surface area contributed by atoms with Crippen molar-refractivity contribution in [1.82, 2.24) is 0 Å². The number of para-hydroxylation sites is 1. The fraction of sp³-hybridized carbons (Fsp3) is 0.190. The Morgan fingerprint density at radius 2 is 1.93 bits per heavy atom. The number of primary amides is 1. The Balaban J connectivity index is 1.68. The summed E-state index contributed by atoms with van der Waals surface area (Å²) in [6.07, 6.45) is 0.853. The van der Waals surface area contributed by atoms with Gasteiger partial charge in [-0.15, -0.1) is 11.8 Å². The van der Waals surface area contributed by atoms with E-state index in [1.807, 2.05) is 25.1 Å². The summed E-state index contributed by atoms with van der Waals surface area (Å²) in [5.74, 6) is -0.197. The highest BCUT2D eigenvalue weighted by Gasteiger charge is 2.11. The number of carbonyl (C=O) groups is 2. The van der Waals surface area contributed by atoms with Crippen molar-refractivity contribution in [2.24, 2.45) is 5.73 Å². The molecular formula is C21H20N2O4S. The maximum absolute atomic E-state index is 12.2. The van der Waals surface area contributed by atoms with Gasteiger partial charge in [0.15, 0.2) is 0 Å². The molecule has 144 valence electrons. The third-order valence-electron chi connectivity index (χ3n) is 4.26. The predicted molar refractivity (Wildman–Crippen MR) is 112 cm³/mol. The van der Waals surface area contributed by atoms with Gasteiger partial charge in [0.1, 0.15) is 5.58 Å². The maximum Gasteiger partial charge on any atom is 0.336 e. The minimum absolute atomic E-state index is 0.169. The van der Waals surface area contributed by atoms with Crippen LogP contribution >= 0.6 is 11.8 Å². The normalized spacial score (nSPS) is 10.8. The van der Waals surface area contributed by atoms with Crippen LogP contribution in [0.4, 0.5) is 5.69 Å². The number of hydrogen-bond donors (Lipinski definition) is 2. The summed E-state index contributed by atoms with van der Waals surface area (Å²) >= 11 is 1.37. The van der Waals surface area contributed by atoms with Crippen LogP contribution in [0.2, 0.25) is 0 Å². The summed E-state index contributed by atoms with van der Waals surface area (Å²) in [5.41, 5.74) is 8.04. The molecule has 0 spiro atoms. The number of rotatable bonds is 7. The lowest BCUT2D eigenvalue weighted by molar-refractivity contribution is -0.113. The Morgan fingerprint density at radius 3 is 2.68 bits per heavy atom. The SMILES string of the molecule is CCc1ccc2c(CSCC(=O)Nc3ccccc3C(N)=O)cc(=O)oc2c1. The summed E-state index contributed by atoms with van der Waals surface area (Å²) in [6, 6.07) is 13.9. The highest BCUT2D eigenvalue weighted by Crippen LogP contribution is 2.23. The molecule has 3 N–H and O–H groups in total. The van der Waals surface area contributed by atoms with Crippen LogP contribution in [0.1, 0.15) is 28.4 Å². The lowest BCUT2D eigenvalue weighted by Crippen LogP contribution is -2.19. The highest BCUT2D eigenvalue weighted by molar-refractivity contribution is 7.99. The molecule has 1 heterocycles. The Morgan fingerprint density at radius 1 is 1.14 bits per heavy atom. The van der Waals surface area contributed by atoms with Crippen LogP contribution in [0, 0.1) is 0 Å². The molecule has 0 bridgehead atoms. The number of anilines is 1. The van der Waals surface area contributed by atoms with Crippen molar-refractivity contribution in [2.75, 3.05) is 11.1 Å². The van der Waals surface area contributed by atoms with E-state index in [9.17, 15) is 14.4 Å². The molecule has 0 radical (unpaired) electrons. The molecule has 0 fully saturated rings. The summed E-state index contributed by atoms with van der Waals surface area (Å²) in [5, 5.41) is 3.57. The highest BCUT2D eigenvalue weighted by atomic mass is 32.2. The average Bonchev–Trinajstić information content (AvgIpc) is 2.67. The smallest absolute Gasteiger partial charge is 0.336 e. The molecule has 0 aliphatic carbocycles. The lowest BCUT2D eigenvalue weighted by atomic mass is 10.1. The fourth-order valence-corrected chi connectivity index (χ4v) is 3.68. The number of carbonyl (C=O) groups excluding carboxylic acids is 2. The number of hydrogen-bond acceptors (Lipinski definition) is 5. The molecule has 28 heavy (non-hydrogen) atoms. The quantitative estimate of drug-likeness (QED) is 0.597. The van der Waals surface area contributed by atoms with Crippen molar-refractivity contribution in [2.45, 2.75) is 19.1 Å². The van der Waals surface area contributed by atoms with E-state index >= 15 is 0 Å². The van der Waals surface area contributed by atoms with Crippen molar-refractivity contribution in [3.63, 3.8) is 0 Å². The van der Waals surface area contributed by atoms with E-state index in [0.29, 0.717) is 17.0 Å². The Bertz CT molecular complexity index is 1090. The van der Waals surface area contributed by atoms with Crippen molar-refractivity contribution >= 4 is 40.2 Å². The Kier molecular flexibility index (Phi) is 6.16. The first-order valence-corrected chi connectivity index (χ1v) is 9.95. The third kappa shape index (κ3) is 4.61. The molecule has 2 aromatic carbocycles. The molecule has 0 aliphatic rings. The average molecular weight is 396 g/mol. The van der Waals surface area contributed by atoms with Crippen LogP contribution < -0.4 is 16.7 Å². The van der Waals surface area contributed by atoms with Crippen LogP contribution in [-0.2, 0) is 17.0 Å². The van der Waals surface area contributed by atoms with Crippen LogP contribution in [0.15, 0.2) is 57.7 Å². The summed E-state index contributed by atoms with van der Waals surface area (Å²) in [6.45, 7) is 2.04. The molecule has 0 unspecified atom stereocenters. The summed E-state index contributed by atoms with van der Waals surface area (Å²) in [7, 11) is 0. The van der Waals surface area contributed by atoms with Gasteiger partial charge in [0.05, 0.1) is 17.0 Å². The number of thioether (sulfide) groups is 1. The third-order valence-corrected chi connectivity index (χ3v) is 5.24. The van der Waals surface area contributed by atoms with Gasteiger partial charge in [-0.3, -0.25) is 9.59 Å². The van der Waals surface area contributed by atoms with E-state index in [-0.39, 0.29) is 17.2 Å². The van der Waals surface area contributed by atoms with Crippen molar-refractivity contribution in [1.29, 1.82) is 0 Å². The van der Waals surface area contributed by atoms with Gasteiger partial charge in [-0.05, 0) is 35.7 Å². The molecular weight excluding hydrogens is 376 g/mol. The second-order valence-corrected chi connectivity index (χ2v) is 7.21. The zero-order valence-electron chi connectivity index (χ0n) is 15.4. The van der Waals surface area contributed by atoms with Gasteiger partial charge >= 0.3 is 5.63 Å². The van der Waals surface area contributed by atoms with E-state index in [1.165, 1.54) is 17.8 Å². The first-order chi connectivity index (χ1) is 13.5. The molecule has 3 rings (SSSR count). The van der Waals surface area contributed by atoms with Gasteiger partial charge in [0.25, 0.3) is 5.91 Å². The summed E-state index contributed by atoms with van der Waals surface area (Å²) < 4.78 is 5.30. The fourth-order valence-electron chi connectivity index (χ4n) is 2.86. The van der Waals surface area contributed by atoms with Gasteiger partial charge in [0.2, 0.25) is 5.91 Å². The molecule has 0 aliphatic heterocycles. The van der Waals surface area contributed by atoms with Crippen molar-refractivity contribution in [3.8, 4) is 0 Å². The molecule has 0 saturated heterocycles. The van der Waals surface area contributed by atoms with Gasteiger partial charge in [-0.25, -0.2) is 4.79 Å². The molecule has 3 aromatic rings. The topological polar surface area (TPSA) is 102 Å². The second kappa shape index (κ2) is 8.75. The van der Waals surface area contributed by atoms with Gasteiger partial charge in [-0.2, -0.15) is 0 Å². The summed E-state index contributed by atoms with van der Waals surface area (Å²) in [4.78, 5) is 35.5. The Labute approximate surface area is 166 Å². The predicted octanol–water partition coefficient (Wildman–Crippen LogP) is 3.33. The van der Waals surface area contributed by atoms with Crippen LogP contribution in [-0.4, -0.2) is 17.6 Å². The Hall–Kier alpha value is -3.06. The van der Waals surface area contributed by atoms with E-state index in [0.717, 1.165) is 22.9 Å². The monoisotopic (exact) mass is 396 g/mol. The molecule has 0 saturated carbocycles. The number of amides is 2. The number of aryl methyl sites for hydroxylation is 1. The van der Waals surface area contributed by atoms with E-state index < -0.39 is 11.5 Å². The number of fused-ring (bicyclic) bond motifs is 1. The second-order valence-electron chi connectivity index (χ2n) is 6.23. The standard InChI is InChI=1S/C21H20N2O4S/c1-2-13-7-8-15-14(10-20(25)27-18(15)9-13)11-28-12-19(24)23-17-6-4-3-5-16(17)21(22)26/h3-10H,2,11-12H2,1H3,(H2,22,26)(H,23,24). The van der Waals surface area contributed by atoms with Gasteiger partial charge in [-0.1, -0.05) is 31.2 Å². The van der Waals surface area contributed by atoms with Crippen LogP contribution in [0.5, 0.6) is 0 Å². The van der Waals surface area contributed by atoms with Crippen molar-refractivity contribution in [3.05, 3.63) is 75.6 Å². The first-order valence-electron chi connectivity index (χ1n) is 8.80. The largest absolute Gasteiger partial charge is 0.423 e. The molecule has 0 atom stereocenters. The lowest BCUT2D eigenvalue weighted by Gasteiger charge is -2.09. The zero-order valence-corrected chi connectivity index (χ0v) is 16.2. The number of nitrogens with two attached hydrogens (primary N) is 1. The molecule has 1 aromatic heterocycles. The molecule has 7 heteroatoms. The van der Waals surface area contributed by atoms with E-state index in [4.69, 9.17) is 10.2 Å². The number of benzene rings is 2. The van der Waals surface area contributed by atoms with E-state index in [1.54, 1.807) is 24.3 Å². The van der Waals surface area contributed by atoms with Gasteiger partial charge < -0.3 is 15.5 Å². The minimum atomic E-state index is -0.600. The zero-order chi connectivity index (χ0) is 20.1. The van der Waals surface area contributed by atoms with Crippen molar-refractivity contribution < 1.29 is 14.0 Å². The molecule has 2 amide bonds. The minimum Gasteiger partial charge on any atom is -0.423 e. The van der Waals surface area contributed by atoms with Crippen LogP contribution in [0.3, 0.4) is 0 Å². The van der Waals surface area contributed by atoms with Gasteiger partial charge in [0, 0.05) is 17.2 Å². The van der Waals surface area contributed by atoms with E-state index in [2.05, 4.69) is 5.32 Å². The maximum atomic E-state index is 12.2.